The zero-order valence-electron chi connectivity index (χ0n) is 15.8. The number of piperidine rings is 1. The van der Waals surface area contributed by atoms with Crippen LogP contribution in [0, 0.1) is 24.2 Å². The van der Waals surface area contributed by atoms with Crippen LogP contribution in [0.3, 0.4) is 0 Å². The molecule has 2 N–H and O–H groups in total. The van der Waals surface area contributed by atoms with Crippen LogP contribution in [0.1, 0.15) is 28.2 Å². The number of thiazole rings is 1. The normalized spacial score (nSPS) is 14.7. The van der Waals surface area contributed by atoms with E-state index in [2.05, 4.69) is 31.3 Å². The number of carbonyl (C=O) groups is 2. The fraction of sp³-hybridized carbons (Fsp3) is 0.368. The van der Waals surface area contributed by atoms with Gasteiger partial charge in [-0.05, 0) is 19.8 Å². The second-order valence-corrected chi connectivity index (χ2v) is 8.10. The molecule has 9 nitrogen and oxygen atoms in total. The van der Waals surface area contributed by atoms with E-state index in [0.29, 0.717) is 48.4 Å². The number of likely N-dealkylation sites (tertiary alicyclic amines) is 1. The lowest BCUT2D eigenvalue weighted by molar-refractivity contribution is -0.131. The minimum atomic E-state index is -0.386. The number of hydrogen-bond donors (Lipinski definition) is 2. The molecule has 3 aromatic rings. The van der Waals surface area contributed by atoms with E-state index in [1.807, 2.05) is 6.92 Å². The molecule has 0 atom stereocenters. The molecule has 1 saturated heterocycles. The minimum Gasteiger partial charge on any atom is -0.344 e. The number of H-pyrrole nitrogens is 1. The van der Waals surface area contributed by atoms with Gasteiger partial charge in [0.1, 0.15) is 11.2 Å². The summed E-state index contributed by atoms with van der Waals surface area (Å²) >= 11 is 1.50. The maximum Gasteiger partial charge on any atom is 0.255 e. The molecule has 0 aromatic carbocycles. The van der Waals surface area contributed by atoms with Gasteiger partial charge in [-0.15, -0.1) is 11.3 Å². The Bertz CT molecular complexity index is 1110. The molecule has 2 amide bonds. The van der Waals surface area contributed by atoms with E-state index in [4.69, 9.17) is 5.26 Å². The number of nitrogens with zero attached hydrogens (tertiary/aromatic N) is 5. The number of aromatic amines is 1. The van der Waals surface area contributed by atoms with Crippen molar-refractivity contribution in [3.8, 4) is 16.6 Å². The molecule has 29 heavy (non-hydrogen) atoms. The lowest BCUT2D eigenvalue weighted by Crippen LogP contribution is -2.44. The van der Waals surface area contributed by atoms with Crippen molar-refractivity contribution in [2.75, 3.05) is 19.6 Å². The topological polar surface area (TPSA) is 128 Å². The number of fused-ring (bicyclic) bond motifs is 1. The summed E-state index contributed by atoms with van der Waals surface area (Å²) in [4.78, 5) is 43.6. The van der Waals surface area contributed by atoms with Crippen LogP contribution >= 0.6 is 11.3 Å². The van der Waals surface area contributed by atoms with Gasteiger partial charge in [0.05, 0.1) is 34.3 Å². The summed E-state index contributed by atoms with van der Waals surface area (Å²) in [5, 5.41) is 12.5. The molecule has 0 bridgehead atoms. The van der Waals surface area contributed by atoms with Gasteiger partial charge in [-0.2, -0.15) is 5.26 Å². The predicted octanol–water partition coefficient (Wildman–Crippen LogP) is 1.88. The van der Waals surface area contributed by atoms with E-state index < -0.39 is 0 Å². The summed E-state index contributed by atoms with van der Waals surface area (Å²) in [7, 11) is 0. The van der Waals surface area contributed by atoms with Gasteiger partial charge < -0.3 is 15.2 Å². The Morgan fingerprint density at radius 2 is 2.14 bits per heavy atom. The molecule has 1 aliphatic rings. The van der Waals surface area contributed by atoms with Crippen molar-refractivity contribution in [1.29, 1.82) is 5.26 Å². The second-order valence-electron chi connectivity index (χ2n) is 6.87. The van der Waals surface area contributed by atoms with Crippen LogP contribution in [-0.2, 0) is 4.79 Å². The molecule has 4 rings (SSSR count). The number of aromatic nitrogens is 4. The van der Waals surface area contributed by atoms with Crippen LogP contribution in [0.2, 0.25) is 0 Å². The van der Waals surface area contributed by atoms with Crippen LogP contribution in [0.25, 0.3) is 21.7 Å². The Hall–Kier alpha value is -3.32. The maximum absolute atomic E-state index is 12.6. The third-order valence-corrected chi connectivity index (χ3v) is 5.86. The zero-order chi connectivity index (χ0) is 20.4. The summed E-state index contributed by atoms with van der Waals surface area (Å²) in [6, 6.07) is 2.24. The van der Waals surface area contributed by atoms with E-state index in [0.717, 1.165) is 9.88 Å². The molecule has 148 valence electrons. The average molecular weight is 409 g/mol. The Morgan fingerprint density at radius 1 is 1.34 bits per heavy atom. The van der Waals surface area contributed by atoms with Gasteiger partial charge in [-0.25, -0.2) is 15.0 Å². The molecule has 0 saturated carbocycles. The molecular formula is C19H19N7O2S. The van der Waals surface area contributed by atoms with Crippen molar-refractivity contribution < 1.29 is 9.59 Å². The van der Waals surface area contributed by atoms with Crippen LogP contribution < -0.4 is 5.32 Å². The Balaban J connectivity index is 1.44. The molecule has 0 spiro atoms. The highest BCUT2D eigenvalue weighted by Gasteiger charge is 2.23. The SMILES string of the molecule is Cc1ncc(-c2cnc3[nH]cc(C(=O)NCC(=O)N4CCC(C#N)CC4)c3n2)s1. The molecule has 4 heterocycles. The fourth-order valence-corrected chi connectivity index (χ4v) is 4.02. The number of nitrogens with one attached hydrogen (secondary N) is 2. The highest BCUT2D eigenvalue weighted by atomic mass is 32.1. The molecule has 0 radical (unpaired) electrons. The molecule has 1 aliphatic heterocycles. The first-order valence-electron chi connectivity index (χ1n) is 9.27. The number of aryl methyl sites for hydroxylation is 1. The predicted molar refractivity (Wildman–Crippen MR) is 107 cm³/mol. The molecule has 1 fully saturated rings. The second kappa shape index (κ2) is 7.97. The first-order chi connectivity index (χ1) is 14.0. The minimum absolute atomic E-state index is 0.00923. The summed E-state index contributed by atoms with van der Waals surface area (Å²) < 4.78 is 0. The van der Waals surface area contributed by atoms with Crippen molar-refractivity contribution in [3.63, 3.8) is 0 Å². The van der Waals surface area contributed by atoms with Crippen molar-refractivity contribution >= 4 is 34.3 Å². The van der Waals surface area contributed by atoms with Crippen molar-refractivity contribution in [2.24, 2.45) is 5.92 Å². The lowest BCUT2D eigenvalue weighted by Gasteiger charge is -2.29. The van der Waals surface area contributed by atoms with Crippen LogP contribution in [0.5, 0.6) is 0 Å². The molecule has 0 aliphatic carbocycles. The summed E-state index contributed by atoms with van der Waals surface area (Å²) in [5.41, 5.74) is 1.94. The quantitative estimate of drug-likeness (QED) is 0.677. The Morgan fingerprint density at radius 3 is 2.83 bits per heavy atom. The standard InChI is InChI=1S/C19H19N7O2S/c1-11-21-9-15(29-11)14-8-23-18-17(25-14)13(7-22-18)19(28)24-10-16(27)26-4-2-12(6-20)3-5-26/h7-9,12H,2-5,10H2,1H3,(H,22,23)(H,24,28). The summed E-state index contributed by atoms with van der Waals surface area (Å²) in [6.45, 7) is 2.91. The Kier molecular flexibility index (Phi) is 5.22. The molecule has 3 aromatic heterocycles. The fourth-order valence-electron chi connectivity index (χ4n) is 3.28. The smallest absolute Gasteiger partial charge is 0.255 e. The van der Waals surface area contributed by atoms with Crippen LogP contribution in [0.15, 0.2) is 18.6 Å². The number of carbonyl (C=O) groups excluding carboxylic acids is 2. The van der Waals surface area contributed by atoms with E-state index >= 15 is 0 Å². The maximum atomic E-state index is 12.6. The largest absolute Gasteiger partial charge is 0.344 e. The highest BCUT2D eigenvalue weighted by Crippen LogP contribution is 2.25. The van der Waals surface area contributed by atoms with Crippen molar-refractivity contribution in [3.05, 3.63) is 29.2 Å². The summed E-state index contributed by atoms with van der Waals surface area (Å²) in [5.74, 6) is -0.528. The van der Waals surface area contributed by atoms with Gasteiger partial charge in [-0.1, -0.05) is 0 Å². The van der Waals surface area contributed by atoms with Crippen molar-refractivity contribution in [2.45, 2.75) is 19.8 Å². The highest BCUT2D eigenvalue weighted by molar-refractivity contribution is 7.15. The van der Waals surface area contributed by atoms with Gasteiger partial charge in [0.25, 0.3) is 5.91 Å². The third kappa shape index (κ3) is 3.95. The monoisotopic (exact) mass is 409 g/mol. The Labute approximate surface area is 170 Å². The van der Waals surface area contributed by atoms with E-state index in [1.165, 1.54) is 11.3 Å². The lowest BCUT2D eigenvalue weighted by atomic mass is 9.99. The van der Waals surface area contributed by atoms with E-state index in [9.17, 15) is 9.59 Å². The zero-order valence-corrected chi connectivity index (χ0v) is 16.6. The van der Waals surface area contributed by atoms with Crippen LogP contribution in [0.4, 0.5) is 0 Å². The van der Waals surface area contributed by atoms with Crippen molar-refractivity contribution in [1.82, 2.24) is 30.2 Å². The average Bonchev–Trinajstić information content (AvgIpc) is 3.37. The third-order valence-electron chi connectivity index (χ3n) is 4.93. The van der Waals surface area contributed by atoms with Gasteiger partial charge in [0.2, 0.25) is 5.91 Å². The van der Waals surface area contributed by atoms with Crippen LogP contribution in [-0.4, -0.2) is 56.3 Å². The van der Waals surface area contributed by atoms with E-state index in [-0.39, 0.29) is 24.3 Å². The molecular weight excluding hydrogens is 390 g/mol. The molecule has 0 unspecified atom stereocenters. The first kappa shape index (κ1) is 19.0. The van der Waals surface area contributed by atoms with Gasteiger partial charge in [-0.3, -0.25) is 9.59 Å². The number of rotatable bonds is 4. The summed E-state index contributed by atoms with van der Waals surface area (Å²) in [6.07, 6.45) is 6.27. The van der Waals surface area contributed by atoms with Gasteiger partial charge in [0, 0.05) is 31.4 Å². The van der Waals surface area contributed by atoms with E-state index in [1.54, 1.807) is 23.5 Å². The molecule has 10 heteroatoms. The number of nitriles is 1. The van der Waals surface area contributed by atoms with Gasteiger partial charge in [0.15, 0.2) is 5.65 Å². The first-order valence-corrected chi connectivity index (χ1v) is 10.1. The number of amides is 2. The van der Waals surface area contributed by atoms with Gasteiger partial charge >= 0.3 is 0 Å². The number of hydrogen-bond acceptors (Lipinski definition) is 7.